The third kappa shape index (κ3) is 27.0. The molecule has 0 bridgehead atoms. The van der Waals surface area contributed by atoms with E-state index in [0.29, 0.717) is 12.0 Å². The summed E-state index contributed by atoms with van der Waals surface area (Å²) >= 11 is 0. The van der Waals surface area contributed by atoms with E-state index in [0.717, 1.165) is 0 Å². The van der Waals surface area contributed by atoms with E-state index in [1.54, 1.807) is 0 Å². The molecule has 2 atom stereocenters. The highest BCUT2D eigenvalue weighted by atomic mass is 15.1. The third-order valence-corrected chi connectivity index (χ3v) is 11.4. The van der Waals surface area contributed by atoms with Crippen molar-refractivity contribution in [1.82, 2.24) is 4.98 Å². The van der Waals surface area contributed by atoms with Crippen LogP contribution in [-0.4, -0.2) is 4.98 Å². The van der Waals surface area contributed by atoms with E-state index in [-0.39, 0.29) is 0 Å². The minimum atomic E-state index is 0.617. The molecule has 0 saturated heterocycles. The maximum atomic E-state index is 3.77. The van der Waals surface area contributed by atoms with Gasteiger partial charge in [0, 0.05) is 0 Å². The van der Waals surface area contributed by atoms with E-state index in [1.165, 1.54) is 243 Å². The van der Waals surface area contributed by atoms with Gasteiger partial charge >= 0.3 is 0 Å². The van der Waals surface area contributed by atoms with Crippen molar-refractivity contribution in [2.45, 2.75) is 277 Å². The van der Waals surface area contributed by atoms with Crippen LogP contribution < -0.4 is 4.57 Å². The maximum Gasteiger partial charge on any atom is 0.257 e. The van der Waals surface area contributed by atoms with Crippen LogP contribution in [0.15, 0.2) is 12.4 Å². The van der Waals surface area contributed by atoms with E-state index < -0.39 is 0 Å². The minimum absolute atomic E-state index is 0.617. The average molecular weight is 672 g/mol. The molecule has 0 radical (unpaired) electrons. The topological polar surface area (TPSA) is 19.7 Å². The van der Waals surface area contributed by atoms with Gasteiger partial charge in [0.2, 0.25) is 0 Å². The van der Waals surface area contributed by atoms with Crippen LogP contribution >= 0.6 is 0 Å². The number of aromatic nitrogens is 2. The second-order valence-corrected chi connectivity index (χ2v) is 16.1. The lowest BCUT2D eigenvalue weighted by atomic mass is 9.92. The number of unbranched alkanes of at least 4 members (excludes halogenated alkanes) is 31. The van der Waals surface area contributed by atoms with Gasteiger partial charge in [0.05, 0.1) is 12.0 Å². The molecule has 2 nitrogen and oxygen atoms in total. The number of rotatable bonds is 39. The number of H-pyrrole nitrogens is 1. The Labute approximate surface area is 304 Å². The predicted molar refractivity (Wildman–Crippen MR) is 216 cm³/mol. The highest BCUT2D eigenvalue weighted by molar-refractivity contribution is 4.90. The lowest BCUT2D eigenvalue weighted by molar-refractivity contribution is -0.727. The molecule has 1 aromatic rings. The molecule has 284 valence electrons. The first-order valence-electron chi connectivity index (χ1n) is 22.8. The van der Waals surface area contributed by atoms with Crippen molar-refractivity contribution in [2.24, 2.45) is 0 Å². The molecule has 1 heterocycles. The average Bonchev–Trinajstić information content (AvgIpc) is 3.59. The number of imidazole rings is 1. The Morgan fingerprint density at radius 1 is 0.396 bits per heavy atom. The van der Waals surface area contributed by atoms with E-state index in [1.807, 2.05) is 0 Å². The fraction of sp³-hybridized carbons (Fsp3) is 0.935. The molecule has 48 heavy (non-hydrogen) atoms. The Hall–Kier alpha value is -0.790. The van der Waals surface area contributed by atoms with Crippen molar-refractivity contribution in [3.8, 4) is 0 Å². The minimum Gasteiger partial charge on any atom is -0.247 e. The lowest BCUT2D eigenvalue weighted by Gasteiger charge is -2.17. The zero-order valence-electron chi connectivity index (χ0n) is 33.9. The quantitative estimate of drug-likeness (QED) is 0.0531. The SMILES string of the molecule is CCCCCCCCCCCCCCCCC(CCCCCCCCC)c1[nH]cc[n+]1C(C)CCCCCCCCCCCCCCC. The summed E-state index contributed by atoms with van der Waals surface area (Å²) in [5, 5.41) is 0. The molecule has 0 aliphatic carbocycles. The highest BCUT2D eigenvalue weighted by Gasteiger charge is 2.25. The van der Waals surface area contributed by atoms with Crippen molar-refractivity contribution < 1.29 is 4.57 Å². The molecule has 0 spiro atoms. The summed E-state index contributed by atoms with van der Waals surface area (Å²) in [5.41, 5.74) is 0. The van der Waals surface area contributed by atoms with Crippen LogP contribution in [0, 0.1) is 0 Å². The molecule has 0 amide bonds. The van der Waals surface area contributed by atoms with Crippen LogP contribution in [-0.2, 0) is 0 Å². The van der Waals surface area contributed by atoms with Crippen molar-refractivity contribution in [3.63, 3.8) is 0 Å². The molecule has 1 N–H and O–H groups in total. The zero-order valence-corrected chi connectivity index (χ0v) is 33.9. The smallest absolute Gasteiger partial charge is 0.247 e. The normalized spacial score (nSPS) is 13.0. The van der Waals surface area contributed by atoms with Gasteiger partial charge < -0.3 is 0 Å². The van der Waals surface area contributed by atoms with Gasteiger partial charge in [-0.1, -0.05) is 233 Å². The monoisotopic (exact) mass is 672 g/mol. The fourth-order valence-electron chi connectivity index (χ4n) is 8.02. The summed E-state index contributed by atoms with van der Waals surface area (Å²) in [7, 11) is 0. The Kier molecular flexibility index (Phi) is 33.9. The van der Waals surface area contributed by atoms with Gasteiger partial charge in [0.25, 0.3) is 5.82 Å². The first kappa shape index (κ1) is 45.2. The zero-order chi connectivity index (χ0) is 34.6. The number of nitrogens with zero attached hydrogens (tertiary/aromatic N) is 1. The van der Waals surface area contributed by atoms with Gasteiger partial charge in [0.15, 0.2) is 0 Å². The number of hydrogen-bond acceptors (Lipinski definition) is 0. The van der Waals surface area contributed by atoms with Crippen LogP contribution in [0.5, 0.6) is 0 Å². The summed E-state index contributed by atoms with van der Waals surface area (Å²) in [5.74, 6) is 2.25. The van der Waals surface area contributed by atoms with Gasteiger partial charge in [0.1, 0.15) is 12.4 Å². The van der Waals surface area contributed by atoms with Gasteiger partial charge in [-0.05, 0) is 32.6 Å². The van der Waals surface area contributed by atoms with E-state index in [2.05, 4.69) is 49.6 Å². The molecule has 0 fully saturated rings. The molecule has 0 aliphatic heterocycles. The Balaban J connectivity index is 2.32. The second-order valence-electron chi connectivity index (χ2n) is 16.1. The number of aromatic amines is 1. The standard InChI is InChI=1S/C46H90N2/c1-5-8-11-14-17-19-21-23-25-27-29-32-35-38-41-45(40-37-34-30-16-13-10-7-3)46-47-42-43-48(46)44(4)39-36-33-31-28-26-24-22-20-18-15-12-9-6-2/h42-45H,5-41H2,1-4H3/p+1. The molecule has 1 aromatic heterocycles. The molecule has 0 aliphatic rings. The van der Waals surface area contributed by atoms with Crippen molar-refractivity contribution >= 4 is 0 Å². The maximum absolute atomic E-state index is 3.77. The van der Waals surface area contributed by atoms with Crippen molar-refractivity contribution in [1.29, 1.82) is 0 Å². The third-order valence-electron chi connectivity index (χ3n) is 11.4. The second kappa shape index (κ2) is 36.0. The van der Waals surface area contributed by atoms with Crippen LogP contribution in [0.2, 0.25) is 0 Å². The molecule has 2 heteroatoms. The Morgan fingerprint density at radius 3 is 0.979 bits per heavy atom. The summed E-state index contributed by atoms with van der Waals surface area (Å²) in [6.45, 7) is 9.44. The summed E-state index contributed by atoms with van der Waals surface area (Å²) in [4.78, 5) is 3.77. The van der Waals surface area contributed by atoms with Gasteiger partial charge in [-0.25, -0.2) is 9.55 Å². The largest absolute Gasteiger partial charge is 0.257 e. The first-order chi connectivity index (χ1) is 23.7. The van der Waals surface area contributed by atoms with E-state index >= 15 is 0 Å². The molecule has 1 rings (SSSR count). The summed E-state index contributed by atoms with van der Waals surface area (Å²) in [6, 6.07) is 0.617. The van der Waals surface area contributed by atoms with Gasteiger partial charge in [-0.3, -0.25) is 0 Å². The summed E-state index contributed by atoms with van der Waals surface area (Å²) < 4.78 is 2.65. The number of hydrogen-bond donors (Lipinski definition) is 1. The Morgan fingerprint density at radius 2 is 0.667 bits per heavy atom. The Bertz CT molecular complexity index is 738. The van der Waals surface area contributed by atoms with Crippen LogP contribution in [0.1, 0.15) is 283 Å². The van der Waals surface area contributed by atoms with Gasteiger partial charge in [-0.2, -0.15) is 0 Å². The predicted octanol–water partition coefficient (Wildman–Crippen LogP) is 16.4. The fourth-order valence-corrected chi connectivity index (χ4v) is 8.02. The summed E-state index contributed by atoms with van der Waals surface area (Å²) in [6.07, 6.45) is 57.6. The van der Waals surface area contributed by atoms with Crippen molar-refractivity contribution in [2.75, 3.05) is 0 Å². The van der Waals surface area contributed by atoms with Crippen LogP contribution in [0.3, 0.4) is 0 Å². The van der Waals surface area contributed by atoms with Gasteiger partial charge in [-0.15, -0.1) is 0 Å². The first-order valence-corrected chi connectivity index (χ1v) is 22.8. The molecule has 0 saturated carbocycles. The highest BCUT2D eigenvalue weighted by Crippen LogP contribution is 2.27. The van der Waals surface area contributed by atoms with Crippen LogP contribution in [0.4, 0.5) is 0 Å². The molecular weight excluding hydrogens is 581 g/mol. The van der Waals surface area contributed by atoms with E-state index in [4.69, 9.17) is 0 Å². The van der Waals surface area contributed by atoms with Crippen molar-refractivity contribution in [3.05, 3.63) is 18.2 Å². The molecule has 0 aromatic carbocycles. The molecular formula is C46H91N2+. The van der Waals surface area contributed by atoms with Crippen LogP contribution in [0.25, 0.3) is 0 Å². The van der Waals surface area contributed by atoms with E-state index in [9.17, 15) is 0 Å². The number of nitrogens with one attached hydrogen (secondary N) is 1. The lowest BCUT2D eigenvalue weighted by Crippen LogP contribution is -2.41. The molecule has 2 unspecified atom stereocenters.